The van der Waals surface area contributed by atoms with E-state index in [0.717, 1.165) is 9.36 Å². The van der Waals surface area contributed by atoms with E-state index in [-0.39, 0.29) is 37.7 Å². The highest BCUT2D eigenvalue weighted by Gasteiger charge is 2.05. The molecule has 11 nitrogen and oxygen atoms in total. The maximum absolute atomic E-state index is 11.8. The van der Waals surface area contributed by atoms with Crippen molar-refractivity contribution in [2.45, 2.75) is 26.9 Å². The van der Waals surface area contributed by atoms with E-state index in [2.05, 4.69) is 20.9 Å². The van der Waals surface area contributed by atoms with Crippen LogP contribution in [0, 0.1) is 0 Å². The lowest BCUT2D eigenvalue weighted by Crippen LogP contribution is -2.26. The molecule has 2 aromatic rings. The minimum atomic E-state index is -0.336. The largest absolute Gasteiger partial charge is 0.378 e. The highest BCUT2D eigenvalue weighted by Crippen LogP contribution is 1.84. The van der Waals surface area contributed by atoms with Crippen LogP contribution in [0.25, 0.3) is 12.4 Å². The zero-order valence-corrected chi connectivity index (χ0v) is 12.9. The Labute approximate surface area is 131 Å². The lowest BCUT2D eigenvalue weighted by atomic mass is 10.6. The van der Waals surface area contributed by atoms with Gasteiger partial charge >= 0.3 is 11.4 Å². The van der Waals surface area contributed by atoms with Gasteiger partial charge in [-0.15, -0.1) is 0 Å². The van der Waals surface area contributed by atoms with Gasteiger partial charge in [0, 0.05) is 12.4 Å². The van der Waals surface area contributed by atoms with Crippen molar-refractivity contribution in [3.63, 3.8) is 0 Å². The third-order valence-electron chi connectivity index (χ3n) is 2.80. The summed E-state index contributed by atoms with van der Waals surface area (Å²) in [5.74, 6) is 0. The summed E-state index contributed by atoms with van der Waals surface area (Å²) >= 11 is 0. The van der Waals surface area contributed by atoms with E-state index >= 15 is 0 Å². The molecule has 0 saturated heterocycles. The van der Waals surface area contributed by atoms with Gasteiger partial charge in [-0.3, -0.25) is 0 Å². The number of rotatable bonds is 8. The first kappa shape index (κ1) is 16.5. The minimum absolute atomic E-state index is 0.270. The van der Waals surface area contributed by atoms with Crippen molar-refractivity contribution in [2.75, 3.05) is 13.2 Å². The fourth-order valence-electron chi connectivity index (χ4n) is 1.73. The molecule has 0 saturated carbocycles. The molecule has 0 spiro atoms. The van der Waals surface area contributed by atoms with Gasteiger partial charge in [0.25, 0.3) is 0 Å². The second kappa shape index (κ2) is 7.98. The Kier molecular flexibility index (Phi) is 5.74. The van der Waals surface area contributed by atoms with Gasteiger partial charge in [0.05, 0.1) is 26.3 Å². The average Bonchev–Trinajstić information content (AvgIpc) is 3.06. The van der Waals surface area contributed by atoms with Crippen molar-refractivity contribution in [1.29, 1.82) is 0 Å². The SMILES string of the molecule is C/C=C/n1nnn(CCOCCn2nnn(/C=C/C)c2=O)c1=O. The van der Waals surface area contributed by atoms with E-state index in [0.29, 0.717) is 0 Å². The van der Waals surface area contributed by atoms with Crippen LogP contribution in [-0.2, 0) is 17.8 Å². The zero-order valence-electron chi connectivity index (χ0n) is 12.9. The Morgan fingerprint density at radius 2 is 1.26 bits per heavy atom. The number of nitrogens with zero attached hydrogens (tertiary/aromatic N) is 8. The second-order valence-corrected chi connectivity index (χ2v) is 4.44. The summed E-state index contributed by atoms with van der Waals surface area (Å²) in [6.07, 6.45) is 6.42. The smallest absolute Gasteiger partial charge is 0.367 e. The number of tetrazole rings is 2. The van der Waals surface area contributed by atoms with Gasteiger partial charge in [0.2, 0.25) is 0 Å². The first-order chi connectivity index (χ1) is 11.2. The third-order valence-corrected chi connectivity index (χ3v) is 2.80. The second-order valence-electron chi connectivity index (χ2n) is 4.44. The van der Waals surface area contributed by atoms with E-state index < -0.39 is 0 Å². The fraction of sp³-hybridized carbons (Fsp3) is 0.500. The van der Waals surface area contributed by atoms with Gasteiger partial charge in [0.1, 0.15) is 0 Å². The average molecular weight is 322 g/mol. The normalized spacial score (nSPS) is 11.9. The summed E-state index contributed by atoms with van der Waals surface area (Å²) in [5, 5.41) is 14.8. The molecule has 0 atom stereocenters. The van der Waals surface area contributed by atoms with Crippen molar-refractivity contribution >= 4 is 12.4 Å². The van der Waals surface area contributed by atoms with Gasteiger partial charge in [-0.2, -0.15) is 18.7 Å². The van der Waals surface area contributed by atoms with Crippen LogP contribution in [0.5, 0.6) is 0 Å². The number of hydrogen-bond acceptors (Lipinski definition) is 7. The molecule has 2 aromatic heterocycles. The Hall–Kier alpha value is -2.82. The predicted molar refractivity (Wildman–Crippen MR) is 81.4 cm³/mol. The van der Waals surface area contributed by atoms with Crippen LogP contribution >= 0.6 is 0 Å². The highest BCUT2D eigenvalue weighted by atomic mass is 16.5. The van der Waals surface area contributed by atoms with Crippen LogP contribution in [0.15, 0.2) is 21.7 Å². The monoisotopic (exact) mass is 322 g/mol. The maximum atomic E-state index is 11.8. The molecule has 0 unspecified atom stereocenters. The number of allylic oxidation sites excluding steroid dienone is 2. The van der Waals surface area contributed by atoms with E-state index in [1.165, 1.54) is 21.8 Å². The van der Waals surface area contributed by atoms with Gasteiger partial charge in [0.15, 0.2) is 0 Å². The van der Waals surface area contributed by atoms with Gasteiger partial charge < -0.3 is 4.74 Å². The molecule has 0 amide bonds. The van der Waals surface area contributed by atoms with Crippen molar-refractivity contribution in [3.8, 4) is 0 Å². The zero-order chi connectivity index (χ0) is 16.7. The molecular weight excluding hydrogens is 304 g/mol. The third kappa shape index (κ3) is 4.10. The van der Waals surface area contributed by atoms with Crippen LogP contribution in [0.2, 0.25) is 0 Å². The van der Waals surface area contributed by atoms with Crippen molar-refractivity contribution in [2.24, 2.45) is 0 Å². The van der Waals surface area contributed by atoms with Crippen LogP contribution in [0.1, 0.15) is 13.8 Å². The van der Waals surface area contributed by atoms with Crippen molar-refractivity contribution in [3.05, 3.63) is 33.1 Å². The lowest BCUT2D eigenvalue weighted by Gasteiger charge is -2.02. The number of aromatic nitrogens is 8. The van der Waals surface area contributed by atoms with Gasteiger partial charge in [-0.25, -0.2) is 9.59 Å². The summed E-state index contributed by atoms with van der Waals surface area (Å²) in [7, 11) is 0. The summed E-state index contributed by atoms with van der Waals surface area (Å²) < 4.78 is 10.1. The van der Waals surface area contributed by atoms with Crippen LogP contribution in [-0.4, -0.2) is 52.8 Å². The predicted octanol–water partition coefficient (Wildman–Crippen LogP) is -1.11. The van der Waals surface area contributed by atoms with Crippen LogP contribution in [0.3, 0.4) is 0 Å². The molecule has 0 bridgehead atoms. The summed E-state index contributed by atoms with van der Waals surface area (Å²) in [6, 6.07) is 0. The highest BCUT2D eigenvalue weighted by molar-refractivity contribution is 5.16. The Morgan fingerprint density at radius 1 is 0.826 bits per heavy atom. The number of hydrogen-bond donors (Lipinski definition) is 0. The first-order valence-corrected chi connectivity index (χ1v) is 7.05. The standard InChI is InChI=1S/C12H18N8O3/c1-3-5-17-11(21)19(15-13-17)7-9-23-10-8-20-12(22)18(6-4-2)14-16-20/h3-6H,7-10H2,1-2H3/b5-3+,6-4+. The summed E-state index contributed by atoms with van der Waals surface area (Å²) in [5.41, 5.74) is -0.672. The van der Waals surface area contributed by atoms with Crippen LogP contribution in [0.4, 0.5) is 0 Å². The lowest BCUT2D eigenvalue weighted by molar-refractivity contribution is 0.112. The Morgan fingerprint density at radius 3 is 1.65 bits per heavy atom. The molecule has 2 rings (SSSR count). The Balaban J connectivity index is 1.78. The molecule has 0 aromatic carbocycles. The van der Waals surface area contributed by atoms with E-state index in [1.54, 1.807) is 26.0 Å². The molecule has 2 heterocycles. The fourth-order valence-corrected chi connectivity index (χ4v) is 1.73. The summed E-state index contributed by atoms with van der Waals surface area (Å²) in [4.78, 5) is 23.5. The molecule has 0 fully saturated rings. The van der Waals surface area contributed by atoms with Gasteiger partial charge in [-0.05, 0) is 34.7 Å². The Bertz CT molecular complexity index is 728. The van der Waals surface area contributed by atoms with E-state index in [4.69, 9.17) is 4.74 Å². The number of ether oxygens (including phenoxy) is 1. The summed E-state index contributed by atoms with van der Waals surface area (Å²) in [6.45, 7) is 4.65. The van der Waals surface area contributed by atoms with Gasteiger partial charge in [-0.1, -0.05) is 12.2 Å². The quantitative estimate of drug-likeness (QED) is 0.566. The first-order valence-electron chi connectivity index (χ1n) is 7.05. The van der Waals surface area contributed by atoms with E-state index in [9.17, 15) is 9.59 Å². The molecular formula is C12H18N8O3. The maximum Gasteiger partial charge on any atom is 0.367 e. The van der Waals surface area contributed by atoms with Crippen LogP contribution < -0.4 is 11.4 Å². The molecule has 0 aliphatic carbocycles. The van der Waals surface area contributed by atoms with E-state index in [1.807, 2.05) is 0 Å². The molecule has 0 aliphatic rings. The molecule has 11 heteroatoms. The molecule has 23 heavy (non-hydrogen) atoms. The molecule has 0 radical (unpaired) electrons. The topological polar surface area (TPSA) is 115 Å². The van der Waals surface area contributed by atoms with Crippen molar-refractivity contribution < 1.29 is 4.74 Å². The molecule has 0 N–H and O–H groups in total. The van der Waals surface area contributed by atoms with Crippen molar-refractivity contribution in [1.82, 2.24) is 39.6 Å². The minimum Gasteiger partial charge on any atom is -0.378 e. The molecule has 0 aliphatic heterocycles. The molecule has 124 valence electrons.